The Morgan fingerprint density at radius 2 is 1.70 bits per heavy atom. The lowest BCUT2D eigenvalue weighted by molar-refractivity contribution is -0.384. The van der Waals surface area contributed by atoms with E-state index in [2.05, 4.69) is 26.6 Å². The summed E-state index contributed by atoms with van der Waals surface area (Å²) in [7, 11) is 0. The van der Waals surface area contributed by atoms with Gasteiger partial charge in [-0.1, -0.05) is 28.1 Å². The molecule has 0 aliphatic carbocycles. The van der Waals surface area contributed by atoms with Crippen LogP contribution in [0, 0.1) is 10.1 Å². The number of hydrogen-bond donors (Lipinski definition) is 2. The molecule has 2 N–H and O–H groups in total. The fourth-order valence-corrected chi connectivity index (χ4v) is 3.78. The zero-order valence-electron chi connectivity index (χ0n) is 17.0. The quantitative estimate of drug-likeness (QED) is 0.391. The first-order valence-corrected chi connectivity index (χ1v) is 10.7. The monoisotopic (exact) mass is 508 g/mol. The number of rotatable bonds is 5. The van der Waals surface area contributed by atoms with E-state index >= 15 is 0 Å². The van der Waals surface area contributed by atoms with Gasteiger partial charge >= 0.3 is 0 Å². The van der Waals surface area contributed by atoms with E-state index in [1.54, 1.807) is 48.5 Å². The first-order chi connectivity index (χ1) is 15.8. The molecule has 0 aromatic heterocycles. The minimum atomic E-state index is -1.09. The van der Waals surface area contributed by atoms with Crippen LogP contribution in [0.4, 0.5) is 22.7 Å². The highest BCUT2D eigenvalue weighted by Crippen LogP contribution is 2.34. The predicted octanol–water partition coefficient (Wildman–Crippen LogP) is 4.35. The molecule has 0 fully saturated rings. The van der Waals surface area contributed by atoms with Crippen molar-refractivity contribution in [1.29, 1.82) is 0 Å². The summed E-state index contributed by atoms with van der Waals surface area (Å²) in [6.07, 6.45) is -0.306. The van der Waals surface area contributed by atoms with Crippen LogP contribution in [0.15, 0.2) is 77.3 Å². The van der Waals surface area contributed by atoms with Crippen molar-refractivity contribution in [3.63, 3.8) is 0 Å². The van der Waals surface area contributed by atoms with Gasteiger partial charge in [0, 0.05) is 27.9 Å². The maximum absolute atomic E-state index is 13.4. The van der Waals surface area contributed by atoms with Gasteiger partial charge in [-0.05, 0) is 48.5 Å². The molecule has 166 valence electrons. The third kappa shape index (κ3) is 4.75. The first kappa shape index (κ1) is 22.2. The van der Waals surface area contributed by atoms with Crippen molar-refractivity contribution >= 4 is 56.4 Å². The summed E-state index contributed by atoms with van der Waals surface area (Å²) in [6, 6.07) is 17.8. The smallest absolute Gasteiger partial charge is 0.269 e. The fourth-order valence-electron chi connectivity index (χ4n) is 3.51. The van der Waals surface area contributed by atoms with Crippen molar-refractivity contribution < 1.29 is 19.3 Å². The van der Waals surface area contributed by atoms with Crippen LogP contribution >= 0.6 is 15.9 Å². The van der Waals surface area contributed by atoms with Gasteiger partial charge < -0.3 is 10.6 Å². The van der Waals surface area contributed by atoms with Gasteiger partial charge in [0.05, 0.1) is 22.7 Å². The van der Waals surface area contributed by atoms with E-state index in [-0.39, 0.29) is 12.1 Å². The third-order valence-corrected chi connectivity index (χ3v) is 5.62. The number of fused-ring (bicyclic) bond motifs is 1. The van der Waals surface area contributed by atoms with Crippen LogP contribution in [0.3, 0.4) is 0 Å². The molecule has 1 atom stereocenters. The van der Waals surface area contributed by atoms with Gasteiger partial charge in [-0.15, -0.1) is 0 Å². The van der Waals surface area contributed by atoms with E-state index in [1.807, 2.05) is 0 Å². The summed E-state index contributed by atoms with van der Waals surface area (Å²) >= 11 is 3.34. The van der Waals surface area contributed by atoms with Crippen molar-refractivity contribution in [2.45, 2.75) is 12.5 Å². The maximum atomic E-state index is 13.4. The van der Waals surface area contributed by atoms with Crippen LogP contribution in [-0.2, 0) is 9.59 Å². The molecule has 0 saturated carbocycles. The van der Waals surface area contributed by atoms with Gasteiger partial charge in [-0.2, -0.15) is 0 Å². The average Bonchev–Trinajstić information content (AvgIpc) is 2.80. The molecule has 0 saturated heterocycles. The highest BCUT2D eigenvalue weighted by atomic mass is 79.9. The molecular weight excluding hydrogens is 492 g/mol. The van der Waals surface area contributed by atoms with Crippen molar-refractivity contribution in [2.24, 2.45) is 0 Å². The Bertz CT molecular complexity index is 1240. The SMILES string of the molecule is O=C(C[C@H]1C(=O)Nc2ccccc2N1C(=O)c1ccc(Br)cc1)Nc1ccc([N+](=O)[O-])cc1. The molecule has 0 spiro atoms. The number of para-hydroxylation sites is 2. The first-order valence-electron chi connectivity index (χ1n) is 9.87. The lowest BCUT2D eigenvalue weighted by atomic mass is 10.0. The minimum absolute atomic E-state index is 0.109. The van der Waals surface area contributed by atoms with E-state index in [0.717, 1.165) is 4.47 Å². The molecule has 0 bridgehead atoms. The number of nitro groups is 1. The fraction of sp³-hybridized carbons (Fsp3) is 0.0870. The largest absolute Gasteiger partial charge is 0.326 e. The zero-order valence-corrected chi connectivity index (χ0v) is 18.6. The van der Waals surface area contributed by atoms with Crippen molar-refractivity contribution in [3.8, 4) is 0 Å². The number of halogens is 1. The number of non-ortho nitro benzene ring substituents is 1. The normalized spacial score (nSPS) is 14.8. The number of carbonyl (C=O) groups excluding carboxylic acids is 3. The number of hydrogen-bond acceptors (Lipinski definition) is 5. The Morgan fingerprint density at radius 1 is 1.03 bits per heavy atom. The van der Waals surface area contributed by atoms with Crippen molar-refractivity contribution in [3.05, 3.63) is 92.9 Å². The Balaban J connectivity index is 1.61. The summed E-state index contributed by atoms with van der Waals surface area (Å²) in [5.41, 5.74) is 1.55. The van der Waals surface area contributed by atoms with E-state index in [4.69, 9.17) is 0 Å². The van der Waals surface area contributed by atoms with Crippen LogP contribution < -0.4 is 15.5 Å². The highest BCUT2D eigenvalue weighted by Gasteiger charge is 2.38. The summed E-state index contributed by atoms with van der Waals surface area (Å²) < 4.78 is 0.801. The molecule has 1 aliphatic heterocycles. The molecule has 9 nitrogen and oxygen atoms in total. The van der Waals surface area contributed by atoms with Gasteiger partial charge in [0.1, 0.15) is 6.04 Å². The van der Waals surface area contributed by atoms with Gasteiger partial charge in [-0.3, -0.25) is 29.4 Å². The molecule has 0 radical (unpaired) electrons. The third-order valence-electron chi connectivity index (χ3n) is 5.09. The van der Waals surface area contributed by atoms with Gasteiger partial charge in [0.15, 0.2) is 0 Å². The van der Waals surface area contributed by atoms with Gasteiger partial charge in [0.25, 0.3) is 11.6 Å². The standard InChI is InChI=1S/C23H17BrN4O5/c24-15-7-5-14(6-8-15)23(31)27-19-4-2-1-3-18(19)26-22(30)20(27)13-21(29)25-16-9-11-17(12-10-16)28(32)33/h1-12,20H,13H2,(H,25,29)(H,26,30)/t20-/m0/s1. The van der Waals surface area contributed by atoms with Crippen LogP contribution in [0.1, 0.15) is 16.8 Å². The molecule has 10 heteroatoms. The average molecular weight is 509 g/mol. The molecule has 0 unspecified atom stereocenters. The zero-order chi connectivity index (χ0) is 23.5. The summed E-state index contributed by atoms with van der Waals surface area (Å²) in [5, 5.41) is 16.2. The molecule has 1 heterocycles. The van der Waals surface area contributed by atoms with Crippen LogP contribution in [0.5, 0.6) is 0 Å². The topological polar surface area (TPSA) is 122 Å². The van der Waals surface area contributed by atoms with E-state index in [1.165, 1.54) is 29.2 Å². The molecule has 3 aromatic rings. The predicted molar refractivity (Wildman–Crippen MR) is 126 cm³/mol. The maximum Gasteiger partial charge on any atom is 0.269 e. The van der Waals surface area contributed by atoms with Crippen LogP contribution in [0.25, 0.3) is 0 Å². The second-order valence-electron chi connectivity index (χ2n) is 7.26. The van der Waals surface area contributed by atoms with E-state index in [9.17, 15) is 24.5 Å². The minimum Gasteiger partial charge on any atom is -0.326 e. The lowest BCUT2D eigenvalue weighted by Gasteiger charge is -2.36. The van der Waals surface area contributed by atoms with Crippen molar-refractivity contribution in [2.75, 3.05) is 15.5 Å². The molecule has 4 rings (SSSR count). The number of carbonyl (C=O) groups is 3. The Hall–Kier alpha value is -4.05. The number of anilines is 3. The van der Waals surface area contributed by atoms with Crippen LogP contribution in [0.2, 0.25) is 0 Å². The van der Waals surface area contributed by atoms with Crippen LogP contribution in [-0.4, -0.2) is 28.7 Å². The summed E-state index contributed by atoms with van der Waals surface area (Å²) in [5.74, 6) is -1.42. The van der Waals surface area contributed by atoms with Gasteiger partial charge in [0.2, 0.25) is 11.8 Å². The second kappa shape index (κ2) is 9.21. The molecule has 33 heavy (non-hydrogen) atoms. The van der Waals surface area contributed by atoms with Crippen molar-refractivity contribution in [1.82, 2.24) is 0 Å². The van der Waals surface area contributed by atoms with E-state index < -0.39 is 28.7 Å². The Kier molecular flexibility index (Phi) is 6.18. The Labute approximate surface area is 196 Å². The number of nitro benzene ring substituents is 1. The molecule has 3 amide bonds. The van der Waals surface area contributed by atoms with E-state index in [0.29, 0.717) is 22.6 Å². The van der Waals surface area contributed by atoms with Gasteiger partial charge in [-0.25, -0.2) is 0 Å². The molecular formula is C23H17BrN4O5. The summed E-state index contributed by atoms with van der Waals surface area (Å²) in [6.45, 7) is 0. The summed E-state index contributed by atoms with van der Waals surface area (Å²) in [4.78, 5) is 50.6. The molecule has 3 aromatic carbocycles. The number of nitrogens with one attached hydrogen (secondary N) is 2. The lowest BCUT2D eigenvalue weighted by Crippen LogP contribution is -2.52. The number of nitrogens with zero attached hydrogens (tertiary/aromatic N) is 2. The molecule has 1 aliphatic rings. The number of benzene rings is 3. The highest BCUT2D eigenvalue weighted by molar-refractivity contribution is 9.10. The number of amides is 3. The second-order valence-corrected chi connectivity index (χ2v) is 8.18. The Morgan fingerprint density at radius 3 is 2.36 bits per heavy atom.